The van der Waals surface area contributed by atoms with Crippen LogP contribution < -0.4 is 5.32 Å². The number of nitrogens with one attached hydrogen (secondary N) is 1. The third-order valence-corrected chi connectivity index (χ3v) is 3.88. The Bertz CT molecular complexity index is 356. The average molecular weight is 233 g/mol. The van der Waals surface area contributed by atoms with E-state index in [9.17, 15) is 0 Å². The highest BCUT2D eigenvalue weighted by Crippen LogP contribution is 2.35. The smallest absolute Gasteiger partial charge is 0.0475 e. The second-order valence-corrected chi connectivity index (χ2v) is 4.99. The van der Waals surface area contributed by atoms with E-state index in [0.717, 1.165) is 39.1 Å². The Morgan fingerprint density at radius 2 is 1.94 bits per heavy atom. The van der Waals surface area contributed by atoms with Crippen LogP contribution in [-0.4, -0.2) is 26.3 Å². The summed E-state index contributed by atoms with van der Waals surface area (Å²) in [5.41, 5.74) is 3.19. The maximum Gasteiger partial charge on any atom is 0.0475 e. The largest absolute Gasteiger partial charge is 0.381 e. The van der Waals surface area contributed by atoms with Crippen molar-refractivity contribution in [2.45, 2.75) is 32.1 Å². The summed E-state index contributed by atoms with van der Waals surface area (Å²) in [6.07, 6.45) is 2.26. The fourth-order valence-electron chi connectivity index (χ4n) is 2.84. The van der Waals surface area contributed by atoms with Crippen molar-refractivity contribution in [3.63, 3.8) is 0 Å². The van der Waals surface area contributed by atoms with Crippen molar-refractivity contribution >= 4 is 0 Å². The zero-order valence-corrected chi connectivity index (χ0v) is 11.0. The Kier molecular flexibility index (Phi) is 4.19. The van der Waals surface area contributed by atoms with E-state index < -0.39 is 0 Å². The summed E-state index contributed by atoms with van der Waals surface area (Å²) < 4.78 is 5.54. The van der Waals surface area contributed by atoms with E-state index in [2.05, 4.69) is 43.4 Å². The maximum absolute atomic E-state index is 5.54. The fourth-order valence-corrected chi connectivity index (χ4v) is 2.84. The van der Waals surface area contributed by atoms with Crippen LogP contribution in [0.15, 0.2) is 24.3 Å². The van der Waals surface area contributed by atoms with Gasteiger partial charge in [-0.1, -0.05) is 31.2 Å². The molecule has 2 heteroatoms. The van der Waals surface area contributed by atoms with Gasteiger partial charge in [-0.2, -0.15) is 0 Å². The van der Waals surface area contributed by atoms with Gasteiger partial charge in [-0.15, -0.1) is 0 Å². The van der Waals surface area contributed by atoms with Crippen LogP contribution in [0.3, 0.4) is 0 Å². The number of hydrogen-bond donors (Lipinski definition) is 1. The SMILES string of the molecule is CCNCC1(c2ccccc2C)CCOCC1. The molecule has 1 fully saturated rings. The summed E-state index contributed by atoms with van der Waals surface area (Å²) in [5, 5.41) is 3.53. The molecule has 1 heterocycles. The number of ether oxygens (including phenoxy) is 1. The molecule has 0 saturated carbocycles. The molecule has 0 bridgehead atoms. The van der Waals surface area contributed by atoms with Gasteiger partial charge >= 0.3 is 0 Å². The van der Waals surface area contributed by atoms with E-state index >= 15 is 0 Å². The van der Waals surface area contributed by atoms with E-state index in [-0.39, 0.29) is 5.41 Å². The third kappa shape index (κ3) is 2.70. The maximum atomic E-state index is 5.54. The van der Waals surface area contributed by atoms with E-state index in [1.165, 1.54) is 11.1 Å². The fraction of sp³-hybridized carbons (Fsp3) is 0.600. The van der Waals surface area contributed by atoms with Gasteiger partial charge in [-0.05, 0) is 37.4 Å². The average Bonchev–Trinajstić information content (AvgIpc) is 2.38. The van der Waals surface area contributed by atoms with Gasteiger partial charge in [-0.3, -0.25) is 0 Å². The molecule has 1 aliphatic heterocycles. The van der Waals surface area contributed by atoms with Gasteiger partial charge in [0.1, 0.15) is 0 Å². The molecular formula is C15H23NO. The lowest BCUT2D eigenvalue weighted by molar-refractivity contribution is 0.0499. The highest BCUT2D eigenvalue weighted by Gasteiger charge is 2.34. The van der Waals surface area contributed by atoms with Crippen molar-refractivity contribution in [1.29, 1.82) is 0 Å². The summed E-state index contributed by atoms with van der Waals surface area (Å²) in [6, 6.07) is 8.79. The molecule has 1 aromatic rings. The summed E-state index contributed by atoms with van der Waals surface area (Å²) in [5.74, 6) is 0. The Morgan fingerprint density at radius 3 is 2.59 bits per heavy atom. The van der Waals surface area contributed by atoms with Crippen LogP contribution in [0, 0.1) is 6.92 Å². The minimum Gasteiger partial charge on any atom is -0.381 e. The molecule has 2 rings (SSSR count). The van der Waals surface area contributed by atoms with Crippen molar-refractivity contribution in [2.24, 2.45) is 0 Å². The van der Waals surface area contributed by atoms with Crippen LogP contribution in [-0.2, 0) is 10.2 Å². The molecule has 0 spiro atoms. The molecule has 2 nitrogen and oxygen atoms in total. The van der Waals surface area contributed by atoms with Crippen LogP contribution in [0.4, 0.5) is 0 Å². The van der Waals surface area contributed by atoms with Crippen molar-refractivity contribution < 1.29 is 4.74 Å². The standard InChI is InChI=1S/C15H23NO/c1-3-16-12-15(8-10-17-11-9-15)14-7-5-4-6-13(14)2/h4-7,16H,3,8-12H2,1-2H3. The number of rotatable bonds is 4. The molecule has 0 amide bonds. The second kappa shape index (κ2) is 5.65. The van der Waals surface area contributed by atoms with Gasteiger partial charge in [0, 0.05) is 25.2 Å². The van der Waals surface area contributed by atoms with Gasteiger partial charge in [0.05, 0.1) is 0 Å². The molecule has 0 unspecified atom stereocenters. The van der Waals surface area contributed by atoms with Gasteiger partial charge in [0.25, 0.3) is 0 Å². The molecule has 1 saturated heterocycles. The minimum atomic E-state index is 0.277. The lowest BCUT2D eigenvalue weighted by Crippen LogP contribution is -2.43. The number of likely N-dealkylation sites (N-methyl/N-ethyl adjacent to an activating group) is 1. The van der Waals surface area contributed by atoms with Crippen LogP contribution in [0.1, 0.15) is 30.9 Å². The molecule has 0 atom stereocenters. The van der Waals surface area contributed by atoms with E-state index in [4.69, 9.17) is 4.74 Å². The number of aryl methyl sites for hydroxylation is 1. The van der Waals surface area contributed by atoms with Gasteiger partial charge in [-0.25, -0.2) is 0 Å². The monoisotopic (exact) mass is 233 g/mol. The quantitative estimate of drug-likeness (QED) is 0.863. The zero-order valence-electron chi connectivity index (χ0n) is 11.0. The molecule has 94 valence electrons. The highest BCUT2D eigenvalue weighted by atomic mass is 16.5. The predicted octanol–water partition coefficient (Wildman–Crippen LogP) is 2.65. The van der Waals surface area contributed by atoms with Gasteiger partial charge < -0.3 is 10.1 Å². The van der Waals surface area contributed by atoms with E-state index in [0.29, 0.717) is 0 Å². The van der Waals surface area contributed by atoms with Crippen molar-refractivity contribution in [3.05, 3.63) is 35.4 Å². The molecule has 1 aromatic carbocycles. The Balaban J connectivity index is 2.28. The topological polar surface area (TPSA) is 21.3 Å². The summed E-state index contributed by atoms with van der Waals surface area (Å²) in [4.78, 5) is 0. The number of benzene rings is 1. The summed E-state index contributed by atoms with van der Waals surface area (Å²) in [6.45, 7) is 8.27. The Morgan fingerprint density at radius 1 is 1.24 bits per heavy atom. The summed E-state index contributed by atoms with van der Waals surface area (Å²) in [7, 11) is 0. The molecule has 0 aromatic heterocycles. The molecule has 17 heavy (non-hydrogen) atoms. The van der Waals surface area contributed by atoms with Crippen molar-refractivity contribution in [2.75, 3.05) is 26.3 Å². The molecule has 1 N–H and O–H groups in total. The first-order valence-electron chi connectivity index (χ1n) is 6.63. The van der Waals surface area contributed by atoms with Crippen LogP contribution in [0.25, 0.3) is 0 Å². The zero-order chi connectivity index (χ0) is 12.1. The van der Waals surface area contributed by atoms with Crippen LogP contribution >= 0.6 is 0 Å². The Labute approximate surface area is 104 Å². The minimum absolute atomic E-state index is 0.277. The van der Waals surface area contributed by atoms with E-state index in [1.54, 1.807) is 0 Å². The Hall–Kier alpha value is -0.860. The molecule has 1 aliphatic rings. The first-order valence-corrected chi connectivity index (χ1v) is 6.63. The number of hydrogen-bond acceptors (Lipinski definition) is 2. The molecule has 0 aliphatic carbocycles. The van der Waals surface area contributed by atoms with Crippen molar-refractivity contribution in [1.82, 2.24) is 5.32 Å². The lowest BCUT2D eigenvalue weighted by Gasteiger charge is -2.39. The third-order valence-electron chi connectivity index (χ3n) is 3.88. The first kappa shape index (κ1) is 12.6. The second-order valence-electron chi connectivity index (χ2n) is 4.99. The first-order chi connectivity index (χ1) is 8.28. The predicted molar refractivity (Wildman–Crippen MR) is 71.5 cm³/mol. The van der Waals surface area contributed by atoms with Crippen molar-refractivity contribution in [3.8, 4) is 0 Å². The molecular weight excluding hydrogens is 210 g/mol. The van der Waals surface area contributed by atoms with Crippen LogP contribution in [0.5, 0.6) is 0 Å². The highest BCUT2D eigenvalue weighted by molar-refractivity contribution is 5.34. The summed E-state index contributed by atoms with van der Waals surface area (Å²) >= 11 is 0. The van der Waals surface area contributed by atoms with Gasteiger partial charge in [0.2, 0.25) is 0 Å². The lowest BCUT2D eigenvalue weighted by atomic mass is 9.72. The van der Waals surface area contributed by atoms with E-state index in [1.807, 2.05) is 0 Å². The normalized spacial score (nSPS) is 19.2. The van der Waals surface area contributed by atoms with Crippen LogP contribution in [0.2, 0.25) is 0 Å². The molecule has 0 radical (unpaired) electrons. The van der Waals surface area contributed by atoms with Gasteiger partial charge in [0.15, 0.2) is 0 Å².